The molecule has 2 aromatic heterocycles. The van der Waals surface area contributed by atoms with Gasteiger partial charge >= 0.3 is 0 Å². The number of rotatable bonds is 7. The lowest BCUT2D eigenvalue weighted by Crippen LogP contribution is -2.10. The van der Waals surface area contributed by atoms with Gasteiger partial charge in [0.2, 0.25) is 0 Å². The van der Waals surface area contributed by atoms with Crippen molar-refractivity contribution in [2.45, 2.75) is 0 Å². The molecular formula is C58H38N2O. The van der Waals surface area contributed by atoms with Gasteiger partial charge < -0.3 is 13.9 Å². The van der Waals surface area contributed by atoms with Crippen molar-refractivity contribution in [3.63, 3.8) is 0 Å². The molecule has 12 aromatic rings. The molecular weight excluding hydrogens is 741 g/mol. The highest BCUT2D eigenvalue weighted by Gasteiger charge is 2.21. The van der Waals surface area contributed by atoms with E-state index < -0.39 is 0 Å². The van der Waals surface area contributed by atoms with Crippen LogP contribution in [0.5, 0.6) is 0 Å². The molecule has 0 N–H and O–H groups in total. The van der Waals surface area contributed by atoms with Crippen molar-refractivity contribution >= 4 is 71.6 Å². The molecule has 0 aliphatic rings. The number of fused-ring (bicyclic) bond motifs is 7. The quantitative estimate of drug-likeness (QED) is 0.161. The number of hydrogen-bond donors (Lipinski definition) is 0. The number of anilines is 3. The van der Waals surface area contributed by atoms with Crippen molar-refractivity contribution in [1.82, 2.24) is 4.57 Å². The summed E-state index contributed by atoms with van der Waals surface area (Å²) in [6, 6.07) is 82.9. The minimum Gasteiger partial charge on any atom is -0.455 e. The standard InChI is InChI=1S/C58H38N2O/c1-3-14-42(15-4-1)49-20-11-21-50-52-38-45(31-36-56(52)61-58(49)50)41-29-34-48(35-30-41)59(47-32-27-40(28-33-47)44-26-25-39-13-7-8-16-43(39)37-44)54-23-12-24-55-57(54)51-19-9-10-22-53(51)60(55)46-17-5-2-6-18-46/h1-38H. The van der Waals surface area contributed by atoms with E-state index in [1.54, 1.807) is 0 Å². The minimum atomic E-state index is 0.889. The summed E-state index contributed by atoms with van der Waals surface area (Å²) in [5.74, 6) is 0. The Bertz CT molecular complexity index is 3560. The monoisotopic (exact) mass is 778 g/mol. The zero-order valence-corrected chi connectivity index (χ0v) is 33.2. The van der Waals surface area contributed by atoms with E-state index in [2.05, 4.69) is 234 Å². The third-order valence-electron chi connectivity index (χ3n) is 12.2. The van der Waals surface area contributed by atoms with Crippen molar-refractivity contribution < 1.29 is 4.42 Å². The van der Waals surface area contributed by atoms with Gasteiger partial charge in [-0.1, -0.05) is 158 Å². The summed E-state index contributed by atoms with van der Waals surface area (Å²) in [6.07, 6.45) is 0. The average molecular weight is 779 g/mol. The largest absolute Gasteiger partial charge is 0.455 e. The zero-order chi connectivity index (χ0) is 40.3. The van der Waals surface area contributed by atoms with E-state index in [0.29, 0.717) is 0 Å². The Morgan fingerprint density at radius 1 is 0.361 bits per heavy atom. The van der Waals surface area contributed by atoms with Gasteiger partial charge in [-0.25, -0.2) is 0 Å². The van der Waals surface area contributed by atoms with Crippen molar-refractivity contribution in [3.8, 4) is 39.1 Å². The molecule has 286 valence electrons. The van der Waals surface area contributed by atoms with Gasteiger partial charge in [-0.3, -0.25) is 0 Å². The van der Waals surface area contributed by atoms with Gasteiger partial charge in [-0.2, -0.15) is 0 Å². The van der Waals surface area contributed by atoms with Crippen molar-refractivity contribution in [3.05, 3.63) is 231 Å². The highest BCUT2D eigenvalue weighted by Crippen LogP contribution is 2.45. The van der Waals surface area contributed by atoms with E-state index >= 15 is 0 Å². The average Bonchev–Trinajstić information content (AvgIpc) is 3.88. The molecule has 10 aromatic carbocycles. The van der Waals surface area contributed by atoms with Gasteiger partial charge in [0.05, 0.1) is 16.7 Å². The van der Waals surface area contributed by atoms with E-state index in [0.717, 1.165) is 72.5 Å². The molecule has 0 aliphatic heterocycles. The molecule has 2 heterocycles. The molecule has 0 atom stereocenters. The van der Waals surface area contributed by atoms with Crippen LogP contribution in [0.15, 0.2) is 235 Å². The molecule has 3 nitrogen and oxygen atoms in total. The van der Waals surface area contributed by atoms with Gasteiger partial charge in [0, 0.05) is 44.2 Å². The summed E-state index contributed by atoms with van der Waals surface area (Å²) < 4.78 is 8.91. The SMILES string of the molecule is c1ccc(-c2cccc3c2oc2ccc(-c4ccc(N(c5ccc(-c6ccc7ccccc7c6)cc5)c5cccc6c5c5ccccc5n6-c5ccccc5)cc4)cc23)cc1. The van der Waals surface area contributed by atoms with Gasteiger partial charge in [0.25, 0.3) is 0 Å². The summed E-state index contributed by atoms with van der Waals surface area (Å²) in [5, 5.41) is 7.14. The summed E-state index contributed by atoms with van der Waals surface area (Å²) in [5.41, 5.74) is 15.5. The third-order valence-corrected chi connectivity index (χ3v) is 12.2. The van der Waals surface area contributed by atoms with Crippen LogP contribution in [0.4, 0.5) is 17.1 Å². The third kappa shape index (κ3) is 5.90. The van der Waals surface area contributed by atoms with E-state index in [1.807, 2.05) is 6.07 Å². The predicted molar refractivity (Wildman–Crippen MR) is 257 cm³/mol. The number of nitrogens with zero attached hydrogens (tertiary/aromatic N) is 2. The molecule has 0 radical (unpaired) electrons. The smallest absolute Gasteiger partial charge is 0.143 e. The first-order valence-electron chi connectivity index (χ1n) is 20.8. The topological polar surface area (TPSA) is 21.3 Å². The fraction of sp³-hybridized carbons (Fsp3) is 0. The first kappa shape index (κ1) is 34.9. The second-order valence-corrected chi connectivity index (χ2v) is 15.7. The maximum absolute atomic E-state index is 6.52. The molecule has 0 spiro atoms. The molecule has 0 fully saturated rings. The van der Waals surface area contributed by atoms with Gasteiger partial charge in [0.1, 0.15) is 11.2 Å². The van der Waals surface area contributed by atoms with Gasteiger partial charge in [0.15, 0.2) is 0 Å². The first-order valence-corrected chi connectivity index (χ1v) is 20.8. The molecule has 0 unspecified atom stereocenters. The zero-order valence-electron chi connectivity index (χ0n) is 33.2. The lowest BCUT2D eigenvalue weighted by molar-refractivity contribution is 0.670. The Balaban J connectivity index is 0.995. The van der Waals surface area contributed by atoms with E-state index in [9.17, 15) is 0 Å². The normalized spacial score (nSPS) is 11.6. The molecule has 61 heavy (non-hydrogen) atoms. The van der Waals surface area contributed by atoms with Crippen LogP contribution in [0.1, 0.15) is 0 Å². The summed E-state index contributed by atoms with van der Waals surface area (Å²) in [6.45, 7) is 0. The van der Waals surface area contributed by atoms with E-state index in [1.165, 1.54) is 38.2 Å². The van der Waals surface area contributed by atoms with Crippen molar-refractivity contribution in [2.24, 2.45) is 0 Å². The Labute approximate surface area is 353 Å². The molecule has 0 aliphatic carbocycles. The minimum absolute atomic E-state index is 0.889. The highest BCUT2D eigenvalue weighted by atomic mass is 16.3. The van der Waals surface area contributed by atoms with Crippen LogP contribution >= 0.6 is 0 Å². The number of furan rings is 1. The van der Waals surface area contributed by atoms with Crippen LogP contribution in [0.3, 0.4) is 0 Å². The summed E-state index contributed by atoms with van der Waals surface area (Å²) in [4.78, 5) is 2.41. The van der Waals surface area contributed by atoms with Gasteiger partial charge in [-0.15, -0.1) is 0 Å². The van der Waals surface area contributed by atoms with Crippen LogP contribution < -0.4 is 4.90 Å². The second kappa shape index (κ2) is 14.3. The van der Waals surface area contributed by atoms with Crippen LogP contribution in [0, 0.1) is 0 Å². The molecule has 3 heteroatoms. The second-order valence-electron chi connectivity index (χ2n) is 15.7. The fourth-order valence-electron chi connectivity index (χ4n) is 9.27. The maximum Gasteiger partial charge on any atom is 0.143 e. The number of hydrogen-bond acceptors (Lipinski definition) is 2. The van der Waals surface area contributed by atoms with Crippen LogP contribution in [-0.4, -0.2) is 4.57 Å². The Kier molecular flexibility index (Phi) is 8.17. The molecule has 0 bridgehead atoms. The molecule has 0 saturated heterocycles. The number of aromatic nitrogens is 1. The Morgan fingerprint density at radius 2 is 0.951 bits per heavy atom. The Morgan fingerprint density at radius 3 is 1.72 bits per heavy atom. The number of benzene rings is 10. The van der Waals surface area contributed by atoms with E-state index in [4.69, 9.17) is 4.42 Å². The lowest BCUT2D eigenvalue weighted by atomic mass is 9.99. The molecule has 0 saturated carbocycles. The van der Waals surface area contributed by atoms with Crippen LogP contribution in [-0.2, 0) is 0 Å². The predicted octanol–water partition coefficient (Wildman–Crippen LogP) is 16.3. The van der Waals surface area contributed by atoms with Crippen LogP contribution in [0.2, 0.25) is 0 Å². The molecule has 0 amide bonds. The lowest BCUT2D eigenvalue weighted by Gasteiger charge is -2.27. The highest BCUT2D eigenvalue weighted by molar-refractivity contribution is 6.17. The summed E-state index contributed by atoms with van der Waals surface area (Å²) in [7, 11) is 0. The first-order chi connectivity index (χ1) is 30.2. The fourth-order valence-corrected chi connectivity index (χ4v) is 9.27. The van der Waals surface area contributed by atoms with Crippen molar-refractivity contribution in [1.29, 1.82) is 0 Å². The maximum atomic E-state index is 6.52. The molecule has 12 rings (SSSR count). The number of para-hydroxylation sites is 3. The van der Waals surface area contributed by atoms with Crippen molar-refractivity contribution in [2.75, 3.05) is 4.90 Å². The van der Waals surface area contributed by atoms with Crippen LogP contribution in [0.25, 0.3) is 93.6 Å². The van der Waals surface area contributed by atoms with E-state index in [-0.39, 0.29) is 0 Å². The Hall–Kier alpha value is -8.14. The summed E-state index contributed by atoms with van der Waals surface area (Å²) >= 11 is 0. The van der Waals surface area contributed by atoms with Gasteiger partial charge in [-0.05, 0) is 111 Å².